The van der Waals surface area contributed by atoms with Crippen LogP contribution in [-0.4, -0.2) is 35.6 Å². The molecular weight excluding hydrogens is 260 g/mol. The normalized spacial score (nSPS) is 21.4. The number of hydrogen-bond donors (Lipinski definition) is 3. The van der Waals surface area contributed by atoms with Crippen LogP contribution in [0, 0.1) is 5.92 Å². The molecule has 1 aliphatic rings. The van der Waals surface area contributed by atoms with Gasteiger partial charge in [-0.2, -0.15) is 0 Å². The fraction of sp³-hybridized carbons (Fsp3) is 0.571. The molecule has 0 amide bonds. The van der Waals surface area contributed by atoms with Gasteiger partial charge in [-0.05, 0) is 25.7 Å². The molecule has 0 spiro atoms. The maximum atomic E-state index is 10.9. The van der Waals surface area contributed by atoms with E-state index in [2.05, 4.69) is 4.99 Å². The number of hydrogen-bond acceptors (Lipinski definition) is 5. The average Bonchev–Trinajstić information content (AvgIpc) is 2.45. The molecule has 0 aliphatic heterocycles. The smallest absolute Gasteiger partial charge is 0.354 e. The monoisotopic (exact) mass is 284 g/mol. The van der Waals surface area contributed by atoms with Crippen molar-refractivity contribution in [3.05, 3.63) is 23.2 Å². The van der Waals surface area contributed by atoms with Crippen LogP contribution in [0.15, 0.2) is 28.2 Å². The van der Waals surface area contributed by atoms with Crippen molar-refractivity contribution in [3.63, 3.8) is 0 Å². The topological polar surface area (TPSA) is 105 Å². The van der Waals surface area contributed by atoms with E-state index in [1.165, 1.54) is 13.2 Å². The fourth-order valence-corrected chi connectivity index (χ4v) is 1.88. The van der Waals surface area contributed by atoms with Gasteiger partial charge < -0.3 is 20.7 Å². The van der Waals surface area contributed by atoms with Crippen LogP contribution < -0.4 is 5.73 Å². The second kappa shape index (κ2) is 9.14. The van der Waals surface area contributed by atoms with Gasteiger partial charge in [0.1, 0.15) is 5.70 Å². The van der Waals surface area contributed by atoms with Crippen LogP contribution in [0.1, 0.15) is 33.6 Å². The van der Waals surface area contributed by atoms with Gasteiger partial charge in [0.25, 0.3) is 0 Å². The maximum Gasteiger partial charge on any atom is 0.354 e. The van der Waals surface area contributed by atoms with Gasteiger partial charge in [0, 0.05) is 6.61 Å². The quantitative estimate of drug-likeness (QED) is 0.681. The van der Waals surface area contributed by atoms with Crippen molar-refractivity contribution >= 4 is 11.7 Å². The number of nitrogens with zero attached hydrogens (tertiary/aromatic N) is 1. The molecule has 0 radical (unpaired) electrons. The molecule has 0 bridgehead atoms. The summed E-state index contributed by atoms with van der Waals surface area (Å²) in [6.45, 7) is 5.58. The number of aliphatic hydroxyl groups is 1. The van der Waals surface area contributed by atoms with Gasteiger partial charge in [-0.15, -0.1) is 0 Å². The Balaban J connectivity index is 0.00000172. The zero-order chi connectivity index (χ0) is 15.7. The Hall–Kier alpha value is -1.82. The Bertz CT molecular complexity index is 425. The standard InChI is InChI=1S/C12H18N2O4.C2H6/c1-3-9(12(16)17)14-10-5-7(6-15)4-8(13)11(10)18-2;1-2/h3,7,15H,4-6,13H2,1-2H3,(H,16,17);1-2H3/b9-3-,14-10?;. The number of allylic oxidation sites excluding steroid dienone is 3. The third-order valence-corrected chi connectivity index (χ3v) is 2.75. The summed E-state index contributed by atoms with van der Waals surface area (Å²) in [5, 5.41) is 18.1. The van der Waals surface area contributed by atoms with Crippen LogP contribution in [0.5, 0.6) is 0 Å². The molecule has 1 atom stereocenters. The molecule has 1 aliphatic carbocycles. The first-order valence-corrected chi connectivity index (χ1v) is 6.64. The lowest BCUT2D eigenvalue weighted by atomic mass is 9.90. The van der Waals surface area contributed by atoms with E-state index < -0.39 is 5.97 Å². The van der Waals surface area contributed by atoms with Gasteiger partial charge in [-0.1, -0.05) is 19.9 Å². The highest BCUT2D eigenvalue weighted by atomic mass is 16.5. The van der Waals surface area contributed by atoms with E-state index in [9.17, 15) is 9.90 Å². The zero-order valence-corrected chi connectivity index (χ0v) is 12.5. The largest absolute Gasteiger partial charge is 0.493 e. The number of carboxylic acids is 1. The molecule has 0 aromatic heterocycles. The van der Waals surface area contributed by atoms with Gasteiger partial charge >= 0.3 is 5.97 Å². The van der Waals surface area contributed by atoms with Crippen LogP contribution in [0.25, 0.3) is 0 Å². The van der Waals surface area contributed by atoms with Gasteiger partial charge in [0.15, 0.2) is 5.76 Å². The highest BCUT2D eigenvalue weighted by Gasteiger charge is 2.26. The lowest BCUT2D eigenvalue weighted by molar-refractivity contribution is -0.132. The fourth-order valence-electron chi connectivity index (χ4n) is 1.88. The van der Waals surface area contributed by atoms with E-state index in [-0.39, 0.29) is 18.2 Å². The van der Waals surface area contributed by atoms with Crippen molar-refractivity contribution in [1.29, 1.82) is 0 Å². The molecule has 1 unspecified atom stereocenters. The SMILES string of the molecule is C/C=C(\N=C1CC(CO)CC(N)=C1OC)C(=O)O.CC. The maximum absolute atomic E-state index is 10.9. The third kappa shape index (κ3) is 4.70. The first kappa shape index (κ1) is 18.2. The molecule has 4 N–H and O–H groups in total. The minimum Gasteiger partial charge on any atom is -0.493 e. The van der Waals surface area contributed by atoms with Crippen LogP contribution in [-0.2, 0) is 9.53 Å². The van der Waals surface area contributed by atoms with E-state index in [4.69, 9.17) is 15.6 Å². The minimum atomic E-state index is -1.11. The highest BCUT2D eigenvalue weighted by molar-refractivity contribution is 6.03. The van der Waals surface area contributed by atoms with Crippen molar-refractivity contribution in [3.8, 4) is 0 Å². The molecule has 1 rings (SSSR count). The van der Waals surface area contributed by atoms with E-state index in [1.807, 2.05) is 13.8 Å². The molecule has 0 heterocycles. The summed E-state index contributed by atoms with van der Waals surface area (Å²) in [6.07, 6.45) is 2.38. The molecule has 0 aromatic carbocycles. The Morgan fingerprint density at radius 3 is 2.50 bits per heavy atom. The Morgan fingerprint density at radius 1 is 1.50 bits per heavy atom. The third-order valence-electron chi connectivity index (χ3n) is 2.75. The van der Waals surface area contributed by atoms with Crippen molar-refractivity contribution in [2.75, 3.05) is 13.7 Å². The number of methoxy groups -OCH3 is 1. The predicted octanol–water partition coefficient (Wildman–Crippen LogP) is 1.66. The second-order valence-corrected chi connectivity index (χ2v) is 4.05. The number of aliphatic imine (C=N–C) groups is 1. The molecular formula is C14H24N2O4. The van der Waals surface area contributed by atoms with Gasteiger partial charge in [0.05, 0.1) is 18.5 Å². The molecule has 6 nitrogen and oxygen atoms in total. The Labute approximate surface area is 119 Å². The summed E-state index contributed by atoms with van der Waals surface area (Å²) in [4.78, 5) is 15.0. The number of ether oxygens (including phenoxy) is 1. The Morgan fingerprint density at radius 2 is 2.10 bits per heavy atom. The number of nitrogens with two attached hydrogens (primary N) is 1. The summed E-state index contributed by atoms with van der Waals surface area (Å²) >= 11 is 0. The Kier molecular flexibility index (Phi) is 8.31. The van der Waals surface area contributed by atoms with Gasteiger partial charge in [-0.25, -0.2) is 9.79 Å². The summed E-state index contributed by atoms with van der Waals surface area (Å²) < 4.78 is 5.16. The highest BCUT2D eigenvalue weighted by Crippen LogP contribution is 2.26. The minimum absolute atomic E-state index is 0.0189. The number of aliphatic carboxylic acids is 1. The van der Waals surface area contributed by atoms with Crippen molar-refractivity contribution in [2.45, 2.75) is 33.6 Å². The van der Waals surface area contributed by atoms with Gasteiger partial charge in [0.2, 0.25) is 0 Å². The van der Waals surface area contributed by atoms with Crippen molar-refractivity contribution < 1.29 is 19.7 Å². The lowest BCUT2D eigenvalue weighted by Gasteiger charge is -2.24. The van der Waals surface area contributed by atoms with E-state index in [1.54, 1.807) is 6.92 Å². The van der Waals surface area contributed by atoms with Crippen LogP contribution in [0.2, 0.25) is 0 Å². The van der Waals surface area contributed by atoms with Crippen LogP contribution in [0.3, 0.4) is 0 Å². The van der Waals surface area contributed by atoms with E-state index in [0.717, 1.165) is 0 Å². The average molecular weight is 284 g/mol. The second-order valence-electron chi connectivity index (χ2n) is 4.05. The molecule has 0 aromatic rings. The molecule has 0 saturated heterocycles. The lowest BCUT2D eigenvalue weighted by Crippen LogP contribution is -2.26. The van der Waals surface area contributed by atoms with Crippen LogP contribution in [0.4, 0.5) is 0 Å². The van der Waals surface area contributed by atoms with Gasteiger partial charge in [-0.3, -0.25) is 0 Å². The predicted molar refractivity (Wildman–Crippen MR) is 78.2 cm³/mol. The van der Waals surface area contributed by atoms with E-state index >= 15 is 0 Å². The van der Waals surface area contributed by atoms with Crippen LogP contribution >= 0.6 is 0 Å². The number of carbonyl (C=O) groups is 1. The number of carboxylic acid groups (broad SMARTS) is 1. The van der Waals surface area contributed by atoms with Crippen molar-refractivity contribution in [1.82, 2.24) is 0 Å². The summed E-state index contributed by atoms with van der Waals surface area (Å²) in [5.74, 6) is -0.736. The van der Waals surface area contributed by atoms with E-state index in [0.29, 0.717) is 30.0 Å². The molecule has 0 fully saturated rings. The number of rotatable bonds is 4. The number of aliphatic hydroxyl groups excluding tert-OH is 1. The van der Waals surface area contributed by atoms with Crippen molar-refractivity contribution in [2.24, 2.45) is 16.6 Å². The first-order valence-electron chi connectivity index (χ1n) is 6.64. The molecule has 0 saturated carbocycles. The summed E-state index contributed by atoms with van der Waals surface area (Å²) in [5.41, 5.74) is 6.73. The molecule has 20 heavy (non-hydrogen) atoms. The first-order chi connectivity index (χ1) is 9.53. The summed E-state index contributed by atoms with van der Waals surface area (Å²) in [7, 11) is 1.47. The molecule has 114 valence electrons. The zero-order valence-electron chi connectivity index (χ0n) is 12.5. The molecule has 6 heteroatoms. The summed E-state index contributed by atoms with van der Waals surface area (Å²) in [6, 6.07) is 0.